The van der Waals surface area contributed by atoms with Crippen molar-refractivity contribution in [2.45, 2.75) is 37.5 Å². The standard InChI is InChI=1S/C13H19ClO3S/c1-4-13(14,18(16,17)5-2)12(15)11-8-6-7-10(3)9-11/h6-9,12,15H,4-5H2,1-3H3/t12-,13+/m0/s1. The van der Waals surface area contributed by atoms with Gasteiger partial charge in [0.05, 0.1) is 0 Å². The van der Waals surface area contributed by atoms with Crippen LogP contribution < -0.4 is 0 Å². The summed E-state index contributed by atoms with van der Waals surface area (Å²) >= 11 is 6.21. The second-order valence-corrected chi connectivity index (χ2v) is 7.79. The van der Waals surface area contributed by atoms with Gasteiger partial charge in [-0.05, 0) is 18.9 Å². The van der Waals surface area contributed by atoms with E-state index in [0.717, 1.165) is 5.56 Å². The van der Waals surface area contributed by atoms with Crippen LogP contribution >= 0.6 is 11.6 Å². The Balaban J connectivity index is 3.26. The van der Waals surface area contributed by atoms with Crippen molar-refractivity contribution < 1.29 is 13.5 Å². The SMILES string of the molecule is CC[C@](Cl)([C@@H](O)c1cccc(C)c1)S(=O)(=O)CC. The molecule has 0 heterocycles. The number of rotatable bonds is 5. The van der Waals surface area contributed by atoms with Gasteiger partial charge in [0.25, 0.3) is 0 Å². The topological polar surface area (TPSA) is 54.4 Å². The molecule has 0 aliphatic rings. The van der Waals surface area contributed by atoms with Crippen LogP contribution in [0.25, 0.3) is 0 Å². The molecule has 0 radical (unpaired) electrons. The molecule has 1 N–H and O–H groups in total. The highest BCUT2D eigenvalue weighted by molar-refractivity contribution is 7.94. The Morgan fingerprint density at radius 3 is 2.44 bits per heavy atom. The van der Waals surface area contributed by atoms with Crippen molar-refractivity contribution in [2.75, 3.05) is 5.75 Å². The Labute approximate surface area is 114 Å². The summed E-state index contributed by atoms with van der Waals surface area (Å²) in [4.78, 5) is 0. The van der Waals surface area contributed by atoms with E-state index >= 15 is 0 Å². The number of benzene rings is 1. The molecular weight excluding hydrogens is 272 g/mol. The summed E-state index contributed by atoms with van der Waals surface area (Å²) in [5.41, 5.74) is 1.49. The maximum absolute atomic E-state index is 12.1. The molecule has 0 aromatic heterocycles. The van der Waals surface area contributed by atoms with Crippen LogP contribution in [0.3, 0.4) is 0 Å². The van der Waals surface area contributed by atoms with Crippen molar-refractivity contribution in [1.82, 2.24) is 0 Å². The Kier molecular flexibility index (Phi) is 4.81. The Morgan fingerprint density at radius 2 is 2.00 bits per heavy atom. The first kappa shape index (κ1) is 15.5. The Hall–Kier alpha value is -0.580. The predicted molar refractivity (Wildman–Crippen MR) is 74.5 cm³/mol. The third-order valence-electron chi connectivity index (χ3n) is 3.15. The third-order valence-corrected chi connectivity index (χ3v) is 6.63. The molecule has 0 spiro atoms. The lowest BCUT2D eigenvalue weighted by atomic mass is 10.0. The fourth-order valence-electron chi connectivity index (χ4n) is 1.91. The smallest absolute Gasteiger partial charge is 0.175 e. The van der Waals surface area contributed by atoms with Crippen molar-refractivity contribution in [1.29, 1.82) is 0 Å². The number of aliphatic hydroxyl groups excluding tert-OH is 1. The highest BCUT2D eigenvalue weighted by Crippen LogP contribution is 2.40. The van der Waals surface area contributed by atoms with Gasteiger partial charge >= 0.3 is 0 Å². The molecule has 3 nitrogen and oxygen atoms in total. The first-order valence-electron chi connectivity index (χ1n) is 5.94. The van der Waals surface area contributed by atoms with Crippen LogP contribution in [-0.2, 0) is 9.84 Å². The third kappa shape index (κ3) is 2.71. The largest absolute Gasteiger partial charge is 0.385 e. The summed E-state index contributed by atoms with van der Waals surface area (Å²) < 4.78 is 22.5. The van der Waals surface area contributed by atoms with Gasteiger partial charge in [0.15, 0.2) is 14.0 Å². The van der Waals surface area contributed by atoms with Gasteiger partial charge < -0.3 is 5.11 Å². The fourth-order valence-corrected chi connectivity index (χ4v) is 3.76. The number of aryl methyl sites for hydroxylation is 1. The second-order valence-electron chi connectivity index (χ2n) is 4.36. The van der Waals surface area contributed by atoms with Crippen molar-refractivity contribution >= 4 is 21.4 Å². The number of hydrogen-bond donors (Lipinski definition) is 1. The highest BCUT2D eigenvalue weighted by atomic mass is 35.5. The van der Waals surface area contributed by atoms with Crippen LogP contribution in [0.4, 0.5) is 0 Å². The van der Waals surface area contributed by atoms with E-state index in [-0.39, 0.29) is 12.2 Å². The summed E-state index contributed by atoms with van der Waals surface area (Å²) in [6.07, 6.45) is -1.08. The van der Waals surface area contributed by atoms with E-state index in [9.17, 15) is 13.5 Å². The lowest BCUT2D eigenvalue weighted by Gasteiger charge is -2.30. The monoisotopic (exact) mass is 290 g/mol. The average Bonchev–Trinajstić information content (AvgIpc) is 2.36. The minimum Gasteiger partial charge on any atom is -0.385 e. The van der Waals surface area contributed by atoms with Crippen molar-refractivity contribution in [3.63, 3.8) is 0 Å². The van der Waals surface area contributed by atoms with Gasteiger partial charge in [-0.25, -0.2) is 8.42 Å². The van der Waals surface area contributed by atoms with Gasteiger partial charge in [0, 0.05) is 5.75 Å². The quantitative estimate of drug-likeness (QED) is 0.849. The first-order valence-corrected chi connectivity index (χ1v) is 7.97. The minimum absolute atomic E-state index is 0.0901. The van der Waals surface area contributed by atoms with E-state index in [0.29, 0.717) is 5.56 Å². The molecule has 0 saturated carbocycles. The lowest BCUT2D eigenvalue weighted by Crippen LogP contribution is -2.39. The van der Waals surface area contributed by atoms with E-state index in [1.165, 1.54) is 6.92 Å². The zero-order valence-corrected chi connectivity index (χ0v) is 12.4. The van der Waals surface area contributed by atoms with E-state index in [1.807, 2.05) is 13.0 Å². The summed E-state index contributed by atoms with van der Waals surface area (Å²) in [7, 11) is -3.55. The van der Waals surface area contributed by atoms with Gasteiger partial charge in [-0.3, -0.25) is 0 Å². The minimum atomic E-state index is -3.55. The molecule has 0 aliphatic carbocycles. The van der Waals surface area contributed by atoms with E-state index < -0.39 is 20.1 Å². The van der Waals surface area contributed by atoms with E-state index in [2.05, 4.69) is 0 Å². The maximum Gasteiger partial charge on any atom is 0.175 e. The molecule has 0 aliphatic heterocycles. The van der Waals surface area contributed by atoms with Crippen LogP contribution in [0.5, 0.6) is 0 Å². The molecule has 1 aromatic carbocycles. The zero-order chi connectivity index (χ0) is 14.0. The van der Waals surface area contributed by atoms with Crippen LogP contribution in [0.1, 0.15) is 37.5 Å². The Morgan fingerprint density at radius 1 is 1.39 bits per heavy atom. The second kappa shape index (κ2) is 5.59. The van der Waals surface area contributed by atoms with Gasteiger partial charge in [0.2, 0.25) is 0 Å². The Bertz CT molecular complexity index is 513. The molecule has 0 amide bonds. The molecule has 102 valence electrons. The summed E-state index contributed by atoms with van der Waals surface area (Å²) in [5.74, 6) is -0.0901. The number of halogens is 1. The molecular formula is C13H19ClO3S. The molecule has 1 aromatic rings. The maximum atomic E-state index is 12.1. The number of alkyl halides is 1. The van der Waals surface area contributed by atoms with Crippen LogP contribution in [-0.4, -0.2) is 23.5 Å². The van der Waals surface area contributed by atoms with Crippen LogP contribution in [0.2, 0.25) is 0 Å². The number of sulfone groups is 1. The molecule has 18 heavy (non-hydrogen) atoms. The van der Waals surface area contributed by atoms with Crippen molar-refractivity contribution in [3.8, 4) is 0 Å². The molecule has 5 heteroatoms. The van der Waals surface area contributed by atoms with Crippen LogP contribution in [0, 0.1) is 6.92 Å². The van der Waals surface area contributed by atoms with Crippen molar-refractivity contribution in [3.05, 3.63) is 35.4 Å². The molecule has 0 saturated heterocycles. The van der Waals surface area contributed by atoms with Crippen LogP contribution in [0.15, 0.2) is 24.3 Å². The average molecular weight is 291 g/mol. The normalized spacial score (nSPS) is 17.2. The lowest BCUT2D eigenvalue weighted by molar-refractivity contribution is 0.154. The highest BCUT2D eigenvalue weighted by Gasteiger charge is 2.46. The molecule has 0 unspecified atom stereocenters. The first-order chi connectivity index (χ1) is 8.28. The van der Waals surface area contributed by atoms with Crippen molar-refractivity contribution in [2.24, 2.45) is 0 Å². The predicted octanol–water partition coefficient (Wildman–Crippen LogP) is 2.81. The molecule has 0 bridgehead atoms. The number of hydrogen-bond acceptors (Lipinski definition) is 3. The molecule has 2 atom stereocenters. The number of aliphatic hydroxyl groups is 1. The summed E-state index contributed by atoms with van der Waals surface area (Å²) in [6.45, 7) is 5.08. The summed E-state index contributed by atoms with van der Waals surface area (Å²) in [5, 5.41) is 10.3. The molecule has 0 fully saturated rings. The van der Waals surface area contributed by atoms with Gasteiger partial charge in [-0.2, -0.15) is 0 Å². The van der Waals surface area contributed by atoms with Gasteiger partial charge in [0.1, 0.15) is 6.10 Å². The zero-order valence-electron chi connectivity index (χ0n) is 10.9. The van der Waals surface area contributed by atoms with Gasteiger partial charge in [-0.1, -0.05) is 55.3 Å². The molecule has 1 rings (SSSR count). The summed E-state index contributed by atoms with van der Waals surface area (Å²) in [6, 6.07) is 7.10. The van der Waals surface area contributed by atoms with E-state index in [4.69, 9.17) is 11.6 Å². The van der Waals surface area contributed by atoms with E-state index in [1.54, 1.807) is 25.1 Å². The van der Waals surface area contributed by atoms with Gasteiger partial charge in [-0.15, -0.1) is 0 Å². The fraction of sp³-hybridized carbons (Fsp3) is 0.538.